The molecule has 23 heavy (non-hydrogen) atoms. The molecule has 1 saturated heterocycles. The van der Waals surface area contributed by atoms with Crippen LogP contribution >= 0.6 is 0 Å². The van der Waals surface area contributed by atoms with Gasteiger partial charge in [0.1, 0.15) is 5.75 Å². The van der Waals surface area contributed by atoms with Crippen LogP contribution < -0.4 is 10.1 Å². The summed E-state index contributed by atoms with van der Waals surface area (Å²) in [5.74, 6) is 1.12. The second-order valence-corrected chi connectivity index (χ2v) is 6.36. The highest BCUT2D eigenvalue weighted by Gasteiger charge is 2.25. The number of anilines is 1. The van der Waals surface area contributed by atoms with Gasteiger partial charge in [0.05, 0.1) is 12.2 Å². The first-order chi connectivity index (χ1) is 11.0. The lowest BCUT2D eigenvalue weighted by molar-refractivity contribution is 0.0820. The van der Waals surface area contributed by atoms with Crippen molar-refractivity contribution in [2.24, 2.45) is 5.92 Å². The van der Waals surface area contributed by atoms with Gasteiger partial charge < -0.3 is 20.1 Å². The van der Waals surface area contributed by atoms with Crippen LogP contribution in [0.15, 0.2) is 24.3 Å². The van der Waals surface area contributed by atoms with Gasteiger partial charge in [0, 0.05) is 18.8 Å². The quantitative estimate of drug-likeness (QED) is 0.873. The van der Waals surface area contributed by atoms with Gasteiger partial charge in [-0.1, -0.05) is 6.92 Å². The average molecular weight is 320 g/mol. The first kappa shape index (κ1) is 17.6. The van der Waals surface area contributed by atoms with E-state index in [0.717, 1.165) is 30.7 Å². The van der Waals surface area contributed by atoms with Crippen LogP contribution in [0.2, 0.25) is 0 Å². The third-order valence-electron chi connectivity index (χ3n) is 4.53. The standard InChI is InChI=1S/C18H28N2O3/c1-4-13(2)23-17-7-5-16(6-8-17)19-18(22)20-11-9-15(10-12-20)14(3)21/h5-8,13-15,21H,4,9-12H2,1-3H3,(H,19,22). The van der Waals surface area contributed by atoms with E-state index in [-0.39, 0.29) is 18.2 Å². The Labute approximate surface area is 138 Å². The average Bonchev–Trinajstić information content (AvgIpc) is 2.56. The smallest absolute Gasteiger partial charge is 0.321 e. The maximum absolute atomic E-state index is 12.3. The maximum Gasteiger partial charge on any atom is 0.321 e. The molecule has 0 radical (unpaired) electrons. The van der Waals surface area contributed by atoms with Crippen molar-refractivity contribution in [3.63, 3.8) is 0 Å². The van der Waals surface area contributed by atoms with Crippen LogP contribution in [0.3, 0.4) is 0 Å². The van der Waals surface area contributed by atoms with Crippen molar-refractivity contribution in [2.75, 3.05) is 18.4 Å². The highest BCUT2D eigenvalue weighted by molar-refractivity contribution is 5.89. The number of ether oxygens (including phenoxy) is 1. The molecule has 2 rings (SSSR count). The third kappa shape index (κ3) is 5.13. The zero-order valence-corrected chi connectivity index (χ0v) is 14.3. The Balaban J connectivity index is 1.83. The van der Waals surface area contributed by atoms with Gasteiger partial charge in [0.15, 0.2) is 0 Å². The number of piperidine rings is 1. The SMILES string of the molecule is CCC(C)Oc1ccc(NC(=O)N2CCC(C(C)O)CC2)cc1. The van der Waals surface area contributed by atoms with Crippen LogP contribution in [0.5, 0.6) is 5.75 Å². The first-order valence-corrected chi connectivity index (χ1v) is 8.50. The molecule has 0 aliphatic carbocycles. The van der Waals surface area contributed by atoms with Gasteiger partial charge in [0.25, 0.3) is 0 Å². The van der Waals surface area contributed by atoms with Crippen molar-refractivity contribution in [2.45, 2.75) is 52.2 Å². The largest absolute Gasteiger partial charge is 0.491 e. The molecule has 2 unspecified atom stereocenters. The van der Waals surface area contributed by atoms with E-state index < -0.39 is 0 Å². The molecule has 1 heterocycles. The van der Waals surface area contributed by atoms with Gasteiger partial charge in [-0.3, -0.25) is 0 Å². The Morgan fingerprint density at radius 1 is 1.30 bits per heavy atom. The third-order valence-corrected chi connectivity index (χ3v) is 4.53. The number of carbonyl (C=O) groups excluding carboxylic acids is 1. The van der Waals surface area contributed by atoms with Gasteiger partial charge in [-0.25, -0.2) is 4.79 Å². The normalized spacial score (nSPS) is 18.3. The highest BCUT2D eigenvalue weighted by atomic mass is 16.5. The lowest BCUT2D eigenvalue weighted by Crippen LogP contribution is -2.42. The minimum absolute atomic E-state index is 0.0790. The Bertz CT molecular complexity index is 493. The summed E-state index contributed by atoms with van der Waals surface area (Å²) in [4.78, 5) is 14.1. The van der Waals surface area contributed by atoms with Crippen molar-refractivity contribution >= 4 is 11.7 Å². The van der Waals surface area contributed by atoms with E-state index in [4.69, 9.17) is 4.74 Å². The van der Waals surface area contributed by atoms with Crippen molar-refractivity contribution in [1.29, 1.82) is 0 Å². The number of rotatable bonds is 5. The summed E-state index contributed by atoms with van der Waals surface area (Å²) in [5, 5.41) is 12.5. The van der Waals surface area contributed by atoms with Crippen molar-refractivity contribution in [3.05, 3.63) is 24.3 Å². The molecule has 2 N–H and O–H groups in total. The Hall–Kier alpha value is -1.75. The topological polar surface area (TPSA) is 61.8 Å². The van der Waals surface area contributed by atoms with Crippen molar-refractivity contribution in [3.8, 4) is 5.75 Å². The minimum atomic E-state index is -0.293. The van der Waals surface area contributed by atoms with E-state index in [1.54, 1.807) is 0 Å². The van der Waals surface area contributed by atoms with E-state index in [9.17, 15) is 9.90 Å². The molecule has 1 fully saturated rings. The van der Waals surface area contributed by atoms with Gasteiger partial charge in [0.2, 0.25) is 0 Å². The summed E-state index contributed by atoms with van der Waals surface area (Å²) in [7, 11) is 0. The molecule has 1 aliphatic rings. The van der Waals surface area contributed by atoms with Crippen LogP contribution in [0.1, 0.15) is 40.0 Å². The molecule has 2 atom stereocenters. The summed E-state index contributed by atoms with van der Waals surface area (Å²) in [6, 6.07) is 7.39. The zero-order chi connectivity index (χ0) is 16.8. The lowest BCUT2D eigenvalue weighted by Gasteiger charge is -2.33. The number of nitrogens with zero attached hydrogens (tertiary/aromatic N) is 1. The van der Waals surface area contributed by atoms with E-state index in [0.29, 0.717) is 19.0 Å². The predicted molar refractivity (Wildman–Crippen MR) is 91.8 cm³/mol. The molecule has 128 valence electrons. The lowest BCUT2D eigenvalue weighted by atomic mass is 9.92. The summed E-state index contributed by atoms with van der Waals surface area (Å²) >= 11 is 0. The van der Waals surface area contributed by atoms with Crippen LogP contribution in [0, 0.1) is 5.92 Å². The number of carbonyl (C=O) groups is 1. The zero-order valence-electron chi connectivity index (χ0n) is 14.3. The number of amides is 2. The Kier molecular flexibility index (Phi) is 6.28. The van der Waals surface area contributed by atoms with E-state index in [1.165, 1.54) is 0 Å². The summed E-state index contributed by atoms with van der Waals surface area (Å²) in [5.41, 5.74) is 0.768. The molecule has 5 nitrogen and oxygen atoms in total. The van der Waals surface area contributed by atoms with Gasteiger partial charge in [-0.15, -0.1) is 0 Å². The molecule has 1 aromatic carbocycles. The van der Waals surface area contributed by atoms with Crippen molar-refractivity contribution in [1.82, 2.24) is 4.90 Å². The number of aliphatic hydroxyl groups excluding tert-OH is 1. The van der Waals surface area contributed by atoms with E-state index >= 15 is 0 Å². The van der Waals surface area contributed by atoms with Gasteiger partial charge >= 0.3 is 6.03 Å². The second kappa shape index (κ2) is 8.20. The highest BCUT2D eigenvalue weighted by Crippen LogP contribution is 2.22. The fraction of sp³-hybridized carbons (Fsp3) is 0.611. The number of benzene rings is 1. The van der Waals surface area contributed by atoms with Crippen LogP contribution in [-0.4, -0.2) is 41.3 Å². The van der Waals surface area contributed by atoms with Crippen LogP contribution in [-0.2, 0) is 0 Å². The first-order valence-electron chi connectivity index (χ1n) is 8.50. The summed E-state index contributed by atoms with van der Waals surface area (Å²) < 4.78 is 5.73. The van der Waals surface area contributed by atoms with Gasteiger partial charge in [-0.05, 0) is 63.3 Å². The van der Waals surface area contributed by atoms with Gasteiger partial charge in [-0.2, -0.15) is 0 Å². The molecule has 2 amide bonds. The number of nitrogens with one attached hydrogen (secondary N) is 1. The van der Waals surface area contributed by atoms with Crippen LogP contribution in [0.25, 0.3) is 0 Å². The molecule has 5 heteroatoms. The molecule has 0 bridgehead atoms. The monoisotopic (exact) mass is 320 g/mol. The molecular formula is C18H28N2O3. The number of hydrogen-bond acceptors (Lipinski definition) is 3. The van der Waals surface area contributed by atoms with E-state index in [1.807, 2.05) is 43.0 Å². The molecular weight excluding hydrogens is 292 g/mol. The number of aliphatic hydroxyl groups is 1. The maximum atomic E-state index is 12.3. The minimum Gasteiger partial charge on any atom is -0.491 e. The Morgan fingerprint density at radius 3 is 2.43 bits per heavy atom. The van der Waals surface area contributed by atoms with Crippen LogP contribution in [0.4, 0.5) is 10.5 Å². The number of urea groups is 1. The Morgan fingerprint density at radius 2 is 1.91 bits per heavy atom. The fourth-order valence-electron chi connectivity index (χ4n) is 2.72. The second-order valence-electron chi connectivity index (χ2n) is 6.36. The summed E-state index contributed by atoms with van der Waals surface area (Å²) in [6.07, 6.45) is 2.56. The molecule has 1 aliphatic heterocycles. The summed E-state index contributed by atoms with van der Waals surface area (Å²) in [6.45, 7) is 7.32. The number of likely N-dealkylation sites (tertiary alicyclic amines) is 1. The number of hydrogen-bond donors (Lipinski definition) is 2. The predicted octanol–water partition coefficient (Wildman–Crippen LogP) is 3.49. The fourth-order valence-corrected chi connectivity index (χ4v) is 2.72. The van der Waals surface area contributed by atoms with Crippen molar-refractivity contribution < 1.29 is 14.6 Å². The van der Waals surface area contributed by atoms with E-state index in [2.05, 4.69) is 12.2 Å². The molecule has 0 spiro atoms. The molecule has 0 aromatic heterocycles. The molecule has 1 aromatic rings. The molecule has 0 saturated carbocycles.